The summed E-state index contributed by atoms with van der Waals surface area (Å²) in [5, 5.41) is 6.91. The standard InChI is InChI=1S/C25H27ClN2O3/c1-4-30-24-13-19(15-27-21-11-7-18(3)22(26)14-21)8-12-23(24)31-16-25(29)28-20-9-5-17(2)6-10-20/h5-14,27H,4,15-16H2,1-3H3,(H,28,29). The van der Waals surface area contributed by atoms with Crippen LogP contribution in [0.5, 0.6) is 11.5 Å². The molecule has 0 fully saturated rings. The summed E-state index contributed by atoms with van der Waals surface area (Å²) in [6.45, 7) is 6.88. The lowest BCUT2D eigenvalue weighted by molar-refractivity contribution is -0.118. The first-order chi connectivity index (χ1) is 14.9. The molecule has 6 heteroatoms. The van der Waals surface area contributed by atoms with Gasteiger partial charge in [-0.2, -0.15) is 0 Å². The van der Waals surface area contributed by atoms with E-state index in [1.807, 2.05) is 81.4 Å². The number of hydrogen-bond acceptors (Lipinski definition) is 4. The Morgan fingerprint density at radius 2 is 1.65 bits per heavy atom. The molecule has 0 saturated heterocycles. The Kier molecular flexibility index (Phi) is 7.79. The predicted octanol–water partition coefficient (Wildman–Crippen LogP) is 5.99. The van der Waals surface area contributed by atoms with E-state index in [1.165, 1.54) is 0 Å². The van der Waals surface area contributed by atoms with E-state index in [0.717, 1.165) is 33.1 Å². The van der Waals surface area contributed by atoms with Crippen molar-refractivity contribution in [1.82, 2.24) is 0 Å². The molecule has 3 aromatic rings. The van der Waals surface area contributed by atoms with E-state index >= 15 is 0 Å². The molecular weight excluding hydrogens is 412 g/mol. The van der Waals surface area contributed by atoms with Gasteiger partial charge in [0.15, 0.2) is 18.1 Å². The molecule has 31 heavy (non-hydrogen) atoms. The highest BCUT2D eigenvalue weighted by molar-refractivity contribution is 6.31. The van der Waals surface area contributed by atoms with E-state index in [2.05, 4.69) is 10.6 Å². The van der Waals surface area contributed by atoms with E-state index < -0.39 is 0 Å². The van der Waals surface area contributed by atoms with Gasteiger partial charge in [-0.3, -0.25) is 4.79 Å². The maximum absolute atomic E-state index is 12.2. The summed E-state index contributed by atoms with van der Waals surface area (Å²) < 4.78 is 11.4. The SMILES string of the molecule is CCOc1cc(CNc2ccc(C)c(Cl)c2)ccc1OCC(=O)Nc1ccc(C)cc1. The van der Waals surface area contributed by atoms with Gasteiger partial charge in [0.1, 0.15) is 0 Å². The zero-order valence-corrected chi connectivity index (χ0v) is 18.8. The number of ether oxygens (including phenoxy) is 2. The van der Waals surface area contributed by atoms with E-state index in [-0.39, 0.29) is 12.5 Å². The van der Waals surface area contributed by atoms with Crippen LogP contribution in [0.15, 0.2) is 60.7 Å². The minimum atomic E-state index is -0.228. The maximum atomic E-state index is 12.2. The Balaban J connectivity index is 1.60. The van der Waals surface area contributed by atoms with Crippen molar-refractivity contribution in [2.45, 2.75) is 27.3 Å². The van der Waals surface area contributed by atoms with Gasteiger partial charge in [0.2, 0.25) is 0 Å². The number of halogens is 1. The van der Waals surface area contributed by atoms with Crippen LogP contribution in [0.1, 0.15) is 23.6 Å². The van der Waals surface area contributed by atoms with Gasteiger partial charge in [0, 0.05) is 22.9 Å². The molecule has 0 aliphatic rings. The number of hydrogen-bond donors (Lipinski definition) is 2. The van der Waals surface area contributed by atoms with Crippen molar-refractivity contribution in [3.05, 3.63) is 82.4 Å². The van der Waals surface area contributed by atoms with Crippen molar-refractivity contribution in [2.75, 3.05) is 23.8 Å². The molecule has 0 aromatic heterocycles. The van der Waals surface area contributed by atoms with Gasteiger partial charge >= 0.3 is 0 Å². The Hall–Kier alpha value is -3.18. The van der Waals surface area contributed by atoms with Crippen molar-refractivity contribution >= 4 is 28.9 Å². The lowest BCUT2D eigenvalue weighted by Crippen LogP contribution is -2.20. The Bertz CT molecular complexity index is 1040. The average molecular weight is 439 g/mol. The second-order valence-electron chi connectivity index (χ2n) is 7.23. The number of aryl methyl sites for hydroxylation is 2. The van der Waals surface area contributed by atoms with Gasteiger partial charge < -0.3 is 20.1 Å². The highest BCUT2D eigenvalue weighted by Crippen LogP contribution is 2.29. The van der Waals surface area contributed by atoms with Crippen molar-refractivity contribution in [3.8, 4) is 11.5 Å². The summed E-state index contributed by atoms with van der Waals surface area (Å²) in [4.78, 5) is 12.2. The smallest absolute Gasteiger partial charge is 0.262 e. The predicted molar refractivity (Wildman–Crippen MR) is 126 cm³/mol. The number of benzene rings is 3. The fourth-order valence-corrected chi connectivity index (χ4v) is 3.11. The summed E-state index contributed by atoms with van der Waals surface area (Å²) in [6, 6.07) is 19.2. The zero-order valence-electron chi connectivity index (χ0n) is 18.0. The van der Waals surface area contributed by atoms with Crippen molar-refractivity contribution in [2.24, 2.45) is 0 Å². The molecule has 1 amide bonds. The second-order valence-corrected chi connectivity index (χ2v) is 7.64. The fraction of sp³-hybridized carbons (Fsp3) is 0.240. The van der Waals surface area contributed by atoms with Crippen molar-refractivity contribution in [3.63, 3.8) is 0 Å². The Morgan fingerprint density at radius 3 is 2.35 bits per heavy atom. The van der Waals surface area contributed by atoms with E-state index in [9.17, 15) is 4.79 Å². The first-order valence-corrected chi connectivity index (χ1v) is 10.6. The topological polar surface area (TPSA) is 59.6 Å². The molecule has 0 unspecified atom stereocenters. The molecule has 0 heterocycles. The molecule has 162 valence electrons. The summed E-state index contributed by atoms with van der Waals surface area (Å²) in [5.41, 5.74) is 4.88. The Morgan fingerprint density at radius 1 is 0.903 bits per heavy atom. The zero-order chi connectivity index (χ0) is 22.2. The molecule has 0 atom stereocenters. The third-order valence-corrected chi connectivity index (χ3v) is 5.08. The molecule has 0 spiro atoms. The average Bonchev–Trinajstić information content (AvgIpc) is 2.76. The van der Waals surface area contributed by atoms with Crippen LogP contribution in [-0.2, 0) is 11.3 Å². The molecule has 2 N–H and O–H groups in total. The highest BCUT2D eigenvalue weighted by atomic mass is 35.5. The molecule has 3 rings (SSSR count). The highest BCUT2D eigenvalue weighted by Gasteiger charge is 2.10. The van der Waals surface area contributed by atoms with Crippen molar-refractivity contribution in [1.29, 1.82) is 0 Å². The van der Waals surface area contributed by atoms with Gasteiger partial charge in [-0.25, -0.2) is 0 Å². The van der Waals surface area contributed by atoms with Crippen LogP contribution in [-0.4, -0.2) is 19.1 Å². The number of anilines is 2. The maximum Gasteiger partial charge on any atom is 0.262 e. The van der Waals surface area contributed by atoms with E-state index in [1.54, 1.807) is 0 Å². The molecule has 0 saturated carbocycles. The molecule has 3 aromatic carbocycles. The van der Waals surface area contributed by atoms with E-state index in [0.29, 0.717) is 24.7 Å². The Labute approximate surface area is 188 Å². The van der Waals surface area contributed by atoms with Crippen LogP contribution in [0.4, 0.5) is 11.4 Å². The number of nitrogens with one attached hydrogen (secondary N) is 2. The lowest BCUT2D eigenvalue weighted by atomic mass is 10.2. The van der Waals surface area contributed by atoms with E-state index in [4.69, 9.17) is 21.1 Å². The molecule has 0 radical (unpaired) electrons. The number of carbonyl (C=O) groups is 1. The minimum absolute atomic E-state index is 0.104. The van der Waals surface area contributed by atoms with Crippen LogP contribution in [0.3, 0.4) is 0 Å². The molecule has 0 bridgehead atoms. The van der Waals surface area contributed by atoms with Gasteiger partial charge in [0.25, 0.3) is 5.91 Å². The number of rotatable bonds is 9. The molecule has 5 nitrogen and oxygen atoms in total. The summed E-state index contributed by atoms with van der Waals surface area (Å²) in [5.74, 6) is 0.906. The third kappa shape index (κ3) is 6.66. The molecular formula is C25H27ClN2O3. The summed E-state index contributed by atoms with van der Waals surface area (Å²) >= 11 is 6.19. The number of carbonyl (C=O) groups excluding carboxylic acids is 1. The van der Waals surface area contributed by atoms with Gasteiger partial charge in [-0.1, -0.05) is 41.4 Å². The fourth-order valence-electron chi connectivity index (χ4n) is 2.93. The first-order valence-electron chi connectivity index (χ1n) is 10.2. The van der Waals surface area contributed by atoms with Crippen LogP contribution in [0.2, 0.25) is 5.02 Å². The number of amides is 1. The molecule has 0 aliphatic heterocycles. The van der Waals surface area contributed by atoms with Gasteiger partial charge in [0.05, 0.1) is 6.61 Å². The summed E-state index contributed by atoms with van der Waals surface area (Å²) in [6.07, 6.45) is 0. The quantitative estimate of drug-likeness (QED) is 0.431. The minimum Gasteiger partial charge on any atom is -0.490 e. The van der Waals surface area contributed by atoms with Crippen LogP contribution >= 0.6 is 11.6 Å². The van der Waals surface area contributed by atoms with Gasteiger partial charge in [-0.15, -0.1) is 0 Å². The largest absolute Gasteiger partial charge is 0.490 e. The van der Waals surface area contributed by atoms with Gasteiger partial charge in [-0.05, 0) is 68.3 Å². The van der Waals surface area contributed by atoms with Crippen LogP contribution < -0.4 is 20.1 Å². The second kappa shape index (κ2) is 10.7. The monoisotopic (exact) mass is 438 g/mol. The molecule has 0 aliphatic carbocycles. The first kappa shape index (κ1) is 22.5. The van der Waals surface area contributed by atoms with Crippen LogP contribution in [0, 0.1) is 13.8 Å². The van der Waals surface area contributed by atoms with Crippen molar-refractivity contribution < 1.29 is 14.3 Å². The summed E-state index contributed by atoms with van der Waals surface area (Å²) in [7, 11) is 0. The van der Waals surface area contributed by atoms with Crippen LogP contribution in [0.25, 0.3) is 0 Å². The lowest BCUT2D eigenvalue weighted by Gasteiger charge is -2.14. The third-order valence-electron chi connectivity index (χ3n) is 4.67. The normalized spacial score (nSPS) is 10.5.